The summed E-state index contributed by atoms with van der Waals surface area (Å²) in [4.78, 5) is 15.3. The predicted octanol–water partition coefficient (Wildman–Crippen LogP) is 1.84. The normalized spacial score (nSPS) is 10.9. The van der Waals surface area contributed by atoms with E-state index in [1.54, 1.807) is 12.1 Å². The minimum atomic E-state index is 0.106. The molecule has 2 aromatic heterocycles. The molecule has 1 aromatic carbocycles. The van der Waals surface area contributed by atoms with E-state index in [0.717, 1.165) is 5.56 Å². The van der Waals surface area contributed by atoms with Crippen molar-refractivity contribution >= 4 is 34.5 Å². The summed E-state index contributed by atoms with van der Waals surface area (Å²) >= 11 is 5.83. The van der Waals surface area contributed by atoms with Crippen molar-refractivity contribution in [3.05, 3.63) is 29.3 Å². The van der Waals surface area contributed by atoms with Gasteiger partial charge in [0.15, 0.2) is 11.5 Å². The first kappa shape index (κ1) is 10.8. The number of imidazole rings is 1. The van der Waals surface area contributed by atoms with Gasteiger partial charge in [0.1, 0.15) is 11.3 Å². The summed E-state index contributed by atoms with van der Waals surface area (Å²) in [6.45, 7) is 0. The van der Waals surface area contributed by atoms with Crippen LogP contribution in [-0.4, -0.2) is 19.9 Å². The highest BCUT2D eigenvalue weighted by Gasteiger charge is 2.10. The Morgan fingerprint density at radius 3 is 2.44 bits per heavy atom. The third kappa shape index (κ3) is 1.72. The summed E-state index contributed by atoms with van der Waals surface area (Å²) in [5, 5.41) is 0.665. The van der Waals surface area contributed by atoms with E-state index >= 15 is 0 Å². The van der Waals surface area contributed by atoms with Crippen LogP contribution in [0.1, 0.15) is 0 Å². The maximum atomic E-state index is 5.83. The molecule has 3 aromatic rings. The van der Waals surface area contributed by atoms with Gasteiger partial charge in [-0.1, -0.05) is 11.6 Å². The molecule has 0 spiro atoms. The van der Waals surface area contributed by atoms with Gasteiger partial charge in [0.25, 0.3) is 0 Å². The molecule has 0 bridgehead atoms. The molecule has 7 heteroatoms. The van der Waals surface area contributed by atoms with Crippen LogP contribution in [0, 0.1) is 0 Å². The fraction of sp³-hybridized carbons (Fsp3) is 0. The quantitative estimate of drug-likeness (QED) is 0.619. The molecule has 0 aliphatic heterocycles. The van der Waals surface area contributed by atoms with Crippen molar-refractivity contribution in [2.45, 2.75) is 0 Å². The lowest BCUT2D eigenvalue weighted by Crippen LogP contribution is -1.99. The van der Waals surface area contributed by atoms with Crippen molar-refractivity contribution in [1.29, 1.82) is 0 Å². The lowest BCUT2D eigenvalue weighted by atomic mass is 10.2. The molecule has 18 heavy (non-hydrogen) atoms. The number of nitrogens with one attached hydrogen (secondary N) is 1. The number of aromatic amines is 1. The topological polar surface area (TPSA) is 106 Å². The molecule has 90 valence electrons. The molecule has 0 aliphatic carbocycles. The maximum Gasteiger partial charge on any atom is 0.224 e. The fourth-order valence-corrected chi connectivity index (χ4v) is 1.81. The molecule has 0 unspecified atom stereocenters. The molecule has 0 aliphatic rings. The van der Waals surface area contributed by atoms with Gasteiger partial charge < -0.3 is 16.5 Å². The van der Waals surface area contributed by atoms with Gasteiger partial charge in [-0.15, -0.1) is 0 Å². The molecule has 3 rings (SSSR count). The zero-order valence-electron chi connectivity index (χ0n) is 9.18. The molecule has 0 saturated heterocycles. The average molecular weight is 261 g/mol. The third-order valence-electron chi connectivity index (χ3n) is 2.51. The van der Waals surface area contributed by atoms with E-state index in [-0.39, 0.29) is 11.8 Å². The van der Waals surface area contributed by atoms with Crippen LogP contribution in [0.25, 0.3) is 22.6 Å². The smallest absolute Gasteiger partial charge is 0.224 e. The molecular weight excluding hydrogens is 252 g/mol. The Morgan fingerprint density at radius 1 is 1.00 bits per heavy atom. The van der Waals surface area contributed by atoms with Crippen LogP contribution in [0.15, 0.2) is 24.3 Å². The maximum absolute atomic E-state index is 5.83. The molecule has 5 N–H and O–H groups in total. The van der Waals surface area contributed by atoms with E-state index in [4.69, 9.17) is 23.1 Å². The Kier molecular flexibility index (Phi) is 2.31. The van der Waals surface area contributed by atoms with Crippen molar-refractivity contribution in [1.82, 2.24) is 19.9 Å². The summed E-state index contributed by atoms with van der Waals surface area (Å²) in [6, 6.07) is 7.28. The van der Waals surface area contributed by atoms with Gasteiger partial charge in [0, 0.05) is 10.6 Å². The number of rotatable bonds is 1. The summed E-state index contributed by atoms with van der Waals surface area (Å²) in [5.74, 6) is 1.03. The predicted molar refractivity (Wildman–Crippen MR) is 71.0 cm³/mol. The van der Waals surface area contributed by atoms with E-state index in [1.807, 2.05) is 12.1 Å². The van der Waals surface area contributed by atoms with Crippen LogP contribution in [0.3, 0.4) is 0 Å². The molecule has 0 radical (unpaired) electrons. The van der Waals surface area contributed by atoms with Gasteiger partial charge >= 0.3 is 0 Å². The van der Waals surface area contributed by atoms with Crippen LogP contribution in [0.2, 0.25) is 5.02 Å². The number of aromatic nitrogens is 4. The minimum absolute atomic E-state index is 0.106. The monoisotopic (exact) mass is 260 g/mol. The van der Waals surface area contributed by atoms with Crippen molar-refractivity contribution in [2.75, 3.05) is 11.5 Å². The molecular formula is C11H9ClN6. The van der Waals surface area contributed by atoms with Gasteiger partial charge in [0.2, 0.25) is 5.95 Å². The zero-order valence-corrected chi connectivity index (χ0v) is 9.94. The molecule has 2 heterocycles. The van der Waals surface area contributed by atoms with Crippen LogP contribution in [-0.2, 0) is 0 Å². The molecule has 0 fully saturated rings. The number of nitrogens with zero attached hydrogens (tertiary/aromatic N) is 3. The standard InChI is InChI=1S/C11H9ClN6/c12-6-3-1-5(2-4-6)9-15-7-8(13)16-11(14)18-10(7)17-9/h1-4H,(H5,13,14,15,16,17,18). The van der Waals surface area contributed by atoms with Crippen LogP contribution in [0.4, 0.5) is 11.8 Å². The van der Waals surface area contributed by atoms with Crippen LogP contribution >= 0.6 is 11.6 Å². The Hall–Kier alpha value is -2.34. The number of anilines is 2. The summed E-state index contributed by atoms with van der Waals surface area (Å²) < 4.78 is 0. The lowest BCUT2D eigenvalue weighted by molar-refractivity contribution is 1.22. The number of nitrogens with two attached hydrogens (primary N) is 2. The highest BCUT2D eigenvalue weighted by molar-refractivity contribution is 6.30. The highest BCUT2D eigenvalue weighted by atomic mass is 35.5. The Bertz CT molecular complexity index is 718. The number of fused-ring (bicyclic) bond motifs is 1. The Balaban J connectivity index is 2.19. The van der Waals surface area contributed by atoms with E-state index in [2.05, 4.69) is 19.9 Å². The van der Waals surface area contributed by atoms with Crippen LogP contribution in [0.5, 0.6) is 0 Å². The first-order valence-electron chi connectivity index (χ1n) is 5.18. The number of hydrogen-bond donors (Lipinski definition) is 3. The fourth-order valence-electron chi connectivity index (χ4n) is 1.68. The first-order chi connectivity index (χ1) is 8.63. The minimum Gasteiger partial charge on any atom is -0.382 e. The van der Waals surface area contributed by atoms with E-state index in [1.165, 1.54) is 0 Å². The number of hydrogen-bond acceptors (Lipinski definition) is 5. The second-order valence-corrected chi connectivity index (χ2v) is 4.19. The van der Waals surface area contributed by atoms with Gasteiger partial charge in [-0.2, -0.15) is 9.97 Å². The van der Waals surface area contributed by atoms with Gasteiger partial charge in [-0.25, -0.2) is 4.98 Å². The lowest BCUT2D eigenvalue weighted by Gasteiger charge is -1.95. The second kappa shape index (κ2) is 3.85. The number of H-pyrrole nitrogens is 1. The third-order valence-corrected chi connectivity index (χ3v) is 2.77. The molecule has 6 nitrogen and oxygen atoms in total. The average Bonchev–Trinajstić information content (AvgIpc) is 2.74. The first-order valence-corrected chi connectivity index (χ1v) is 5.56. The summed E-state index contributed by atoms with van der Waals surface area (Å²) in [6.07, 6.45) is 0. The van der Waals surface area contributed by atoms with Gasteiger partial charge in [0.05, 0.1) is 0 Å². The van der Waals surface area contributed by atoms with Gasteiger partial charge in [-0.3, -0.25) is 0 Å². The summed E-state index contributed by atoms with van der Waals surface area (Å²) in [7, 11) is 0. The Morgan fingerprint density at radius 2 is 1.72 bits per heavy atom. The zero-order chi connectivity index (χ0) is 12.7. The molecule has 0 saturated carbocycles. The number of halogens is 1. The van der Waals surface area contributed by atoms with E-state index < -0.39 is 0 Å². The van der Waals surface area contributed by atoms with Gasteiger partial charge in [-0.05, 0) is 24.3 Å². The van der Waals surface area contributed by atoms with Crippen LogP contribution < -0.4 is 11.5 Å². The second-order valence-electron chi connectivity index (χ2n) is 3.76. The van der Waals surface area contributed by atoms with Crippen molar-refractivity contribution < 1.29 is 0 Å². The number of nitrogen functional groups attached to an aromatic ring is 2. The van der Waals surface area contributed by atoms with E-state index in [9.17, 15) is 0 Å². The largest absolute Gasteiger partial charge is 0.382 e. The SMILES string of the molecule is Nc1nc(N)c2[nH]c(-c3ccc(Cl)cc3)nc2n1. The molecule has 0 atom stereocenters. The van der Waals surface area contributed by atoms with E-state index in [0.29, 0.717) is 22.0 Å². The van der Waals surface area contributed by atoms with Crippen molar-refractivity contribution in [3.63, 3.8) is 0 Å². The summed E-state index contributed by atoms with van der Waals surface area (Å²) in [5.41, 5.74) is 13.2. The number of benzene rings is 1. The van der Waals surface area contributed by atoms with Crippen molar-refractivity contribution in [3.8, 4) is 11.4 Å². The van der Waals surface area contributed by atoms with Crippen molar-refractivity contribution in [2.24, 2.45) is 0 Å². The Labute approximate surface area is 107 Å². The highest BCUT2D eigenvalue weighted by Crippen LogP contribution is 2.23. The molecule has 0 amide bonds.